The second kappa shape index (κ2) is 8.93. The molecule has 1 rings (SSSR count). The molecular weight excluding hydrogens is 412 g/mol. The fourth-order valence-corrected chi connectivity index (χ4v) is 7.29. The van der Waals surface area contributed by atoms with Crippen LogP contribution in [-0.4, -0.2) is 25.2 Å². The van der Waals surface area contributed by atoms with Gasteiger partial charge in [0, 0.05) is 0 Å². The topological polar surface area (TPSA) is 83.8 Å². The molecule has 2 N–H and O–H groups in total. The highest BCUT2D eigenvalue weighted by atomic mass is 32.2. The minimum Gasteiger partial charge on any atom is -0.503 e. The van der Waals surface area contributed by atoms with Crippen LogP contribution < -0.4 is 4.74 Å². The van der Waals surface area contributed by atoms with Gasteiger partial charge in [-0.2, -0.15) is 8.42 Å². The van der Waals surface area contributed by atoms with E-state index in [-0.39, 0.29) is 27.9 Å². The molecule has 1 aromatic rings. The highest BCUT2D eigenvalue weighted by Gasteiger charge is 2.46. The Morgan fingerprint density at radius 3 is 1.77 bits per heavy atom. The first kappa shape index (κ1) is 27.8. The zero-order chi connectivity index (χ0) is 24.7. The molecule has 0 radical (unpaired) electrons. The predicted molar refractivity (Wildman–Crippen MR) is 128 cm³/mol. The Labute approximate surface area is 190 Å². The number of ether oxygens (including phenoxy) is 1. The van der Waals surface area contributed by atoms with Gasteiger partial charge in [0.25, 0.3) is 10.1 Å². The number of phenols is 1. The van der Waals surface area contributed by atoms with Crippen LogP contribution in [0, 0.1) is 36.0 Å². The van der Waals surface area contributed by atoms with Gasteiger partial charge in [-0.25, -0.2) is 0 Å². The molecule has 0 spiro atoms. The quantitative estimate of drug-likeness (QED) is 0.416. The Kier molecular flexibility index (Phi) is 8.00. The van der Waals surface area contributed by atoms with Gasteiger partial charge < -0.3 is 9.84 Å². The number of aromatic hydroxyl groups is 1. The molecule has 31 heavy (non-hydrogen) atoms. The average Bonchev–Trinajstić information content (AvgIpc) is 2.45. The molecule has 5 nitrogen and oxygen atoms in total. The lowest BCUT2D eigenvalue weighted by Crippen LogP contribution is -2.38. The first-order valence-corrected chi connectivity index (χ1v) is 12.5. The molecule has 0 aromatic heterocycles. The van der Waals surface area contributed by atoms with Crippen molar-refractivity contribution in [1.29, 1.82) is 0 Å². The standard InChI is InChI=1S/C25H44O5S/c1-15(2)13-24(8,9)22(25(10,11)14-23(5,6)7)18-16(3)20(30-12)19(26)21(17(18)4)31(27,28)29/h15,22,26H,13-14H2,1-12H3,(H,27,28,29). The van der Waals surface area contributed by atoms with Gasteiger partial charge in [-0.3, -0.25) is 4.55 Å². The smallest absolute Gasteiger partial charge is 0.298 e. The summed E-state index contributed by atoms with van der Waals surface area (Å²) in [6.07, 6.45) is 1.85. The Bertz CT molecular complexity index is 903. The Hall–Kier alpha value is -1.27. The van der Waals surface area contributed by atoms with E-state index in [1.807, 2.05) is 6.92 Å². The van der Waals surface area contributed by atoms with Crippen molar-refractivity contribution in [3.05, 3.63) is 16.7 Å². The van der Waals surface area contributed by atoms with Crippen LogP contribution in [0.2, 0.25) is 0 Å². The Morgan fingerprint density at radius 1 is 0.935 bits per heavy atom. The minimum absolute atomic E-state index is 0.0448. The Balaban J connectivity index is 4.14. The third-order valence-corrected chi connectivity index (χ3v) is 7.17. The van der Waals surface area contributed by atoms with Gasteiger partial charge in [-0.1, -0.05) is 62.3 Å². The van der Waals surface area contributed by atoms with E-state index < -0.39 is 20.8 Å². The number of phenolic OH excluding ortho intramolecular Hbond substituents is 1. The molecule has 0 saturated heterocycles. The normalized spacial score (nSPS) is 14.8. The average molecular weight is 457 g/mol. The molecule has 1 aromatic carbocycles. The molecular formula is C25H44O5S. The van der Waals surface area contributed by atoms with Crippen LogP contribution in [0.25, 0.3) is 0 Å². The van der Waals surface area contributed by atoms with Crippen LogP contribution in [0.5, 0.6) is 11.5 Å². The van der Waals surface area contributed by atoms with Crippen LogP contribution in [0.15, 0.2) is 4.90 Å². The van der Waals surface area contributed by atoms with E-state index in [0.717, 1.165) is 18.4 Å². The zero-order valence-corrected chi connectivity index (χ0v) is 22.4. The zero-order valence-electron chi connectivity index (χ0n) is 21.6. The van der Waals surface area contributed by atoms with E-state index in [9.17, 15) is 18.1 Å². The van der Waals surface area contributed by atoms with Crippen LogP contribution >= 0.6 is 0 Å². The van der Waals surface area contributed by atoms with Crippen molar-refractivity contribution < 1.29 is 22.8 Å². The van der Waals surface area contributed by atoms with Gasteiger partial charge in [0.05, 0.1) is 7.11 Å². The Morgan fingerprint density at radius 2 is 1.42 bits per heavy atom. The molecule has 1 atom stereocenters. The van der Waals surface area contributed by atoms with E-state index in [0.29, 0.717) is 17.0 Å². The molecule has 0 saturated carbocycles. The van der Waals surface area contributed by atoms with E-state index in [1.165, 1.54) is 7.11 Å². The molecule has 1 unspecified atom stereocenters. The van der Waals surface area contributed by atoms with Crippen molar-refractivity contribution >= 4 is 10.1 Å². The number of rotatable bonds is 8. The number of hydrogen-bond donors (Lipinski definition) is 2. The third kappa shape index (κ3) is 6.16. The minimum atomic E-state index is -4.65. The van der Waals surface area contributed by atoms with E-state index in [1.54, 1.807) is 6.92 Å². The summed E-state index contributed by atoms with van der Waals surface area (Å²) in [5, 5.41) is 10.7. The first-order chi connectivity index (χ1) is 13.7. The van der Waals surface area contributed by atoms with Crippen molar-refractivity contribution in [2.45, 2.75) is 99.8 Å². The molecule has 0 aliphatic carbocycles. The first-order valence-electron chi connectivity index (χ1n) is 11.0. The highest BCUT2D eigenvalue weighted by molar-refractivity contribution is 7.86. The molecule has 0 bridgehead atoms. The van der Waals surface area contributed by atoms with Crippen LogP contribution in [0.1, 0.15) is 97.8 Å². The van der Waals surface area contributed by atoms with Gasteiger partial charge in [-0.15, -0.1) is 0 Å². The highest BCUT2D eigenvalue weighted by Crippen LogP contribution is 2.58. The fraction of sp³-hybridized carbons (Fsp3) is 0.760. The van der Waals surface area contributed by atoms with Crippen LogP contribution in [0.4, 0.5) is 0 Å². The molecule has 0 heterocycles. The van der Waals surface area contributed by atoms with Crippen LogP contribution in [-0.2, 0) is 10.1 Å². The van der Waals surface area contributed by atoms with Crippen molar-refractivity contribution in [2.24, 2.45) is 22.2 Å². The summed E-state index contributed by atoms with van der Waals surface area (Å²) >= 11 is 0. The summed E-state index contributed by atoms with van der Waals surface area (Å²) in [5.74, 6) is -0.0249. The van der Waals surface area contributed by atoms with E-state index in [4.69, 9.17) is 4.74 Å². The number of benzene rings is 1. The summed E-state index contributed by atoms with van der Waals surface area (Å²) in [4.78, 5) is -0.457. The maximum atomic E-state index is 12.3. The van der Waals surface area contributed by atoms with Crippen molar-refractivity contribution in [2.75, 3.05) is 7.11 Å². The lowest BCUT2D eigenvalue weighted by atomic mass is 9.55. The lowest BCUT2D eigenvalue weighted by Gasteiger charge is -2.49. The molecule has 0 aliphatic heterocycles. The summed E-state index contributed by atoms with van der Waals surface area (Å²) in [6.45, 7) is 23.5. The number of methoxy groups -OCH3 is 1. The van der Waals surface area contributed by atoms with E-state index in [2.05, 4.69) is 62.3 Å². The maximum Gasteiger partial charge on any atom is 0.298 e. The maximum absolute atomic E-state index is 12.3. The largest absolute Gasteiger partial charge is 0.503 e. The third-order valence-electron chi connectivity index (χ3n) is 6.15. The van der Waals surface area contributed by atoms with Crippen molar-refractivity contribution in [3.63, 3.8) is 0 Å². The van der Waals surface area contributed by atoms with Crippen molar-refractivity contribution in [3.8, 4) is 11.5 Å². The molecule has 0 amide bonds. The van der Waals surface area contributed by atoms with Gasteiger partial charge in [0.15, 0.2) is 11.5 Å². The van der Waals surface area contributed by atoms with Crippen LogP contribution in [0.3, 0.4) is 0 Å². The summed E-state index contributed by atoms with van der Waals surface area (Å²) in [5.41, 5.74) is 1.62. The fourth-order valence-electron chi connectivity index (χ4n) is 6.46. The van der Waals surface area contributed by atoms with Gasteiger partial charge in [0.2, 0.25) is 0 Å². The SMILES string of the molecule is COc1c(C)c(C(C(C)(C)CC(C)C)C(C)(C)CC(C)(C)C)c(C)c(S(=O)(=O)O)c1O. The van der Waals surface area contributed by atoms with Gasteiger partial charge >= 0.3 is 0 Å². The summed E-state index contributed by atoms with van der Waals surface area (Å²) in [7, 11) is -3.24. The summed E-state index contributed by atoms with van der Waals surface area (Å²) < 4.78 is 40.0. The van der Waals surface area contributed by atoms with Gasteiger partial charge in [-0.05, 0) is 71.5 Å². The molecule has 6 heteroatoms. The predicted octanol–water partition coefficient (Wildman–Crippen LogP) is 6.88. The summed E-state index contributed by atoms with van der Waals surface area (Å²) in [6, 6.07) is 0. The molecule has 0 fully saturated rings. The second-order valence-electron chi connectivity index (χ2n) is 12.1. The molecule has 0 aliphatic rings. The van der Waals surface area contributed by atoms with Crippen molar-refractivity contribution in [1.82, 2.24) is 0 Å². The lowest BCUT2D eigenvalue weighted by molar-refractivity contribution is 0.0777. The van der Waals surface area contributed by atoms with E-state index >= 15 is 0 Å². The molecule has 180 valence electrons. The second-order valence-corrected chi connectivity index (χ2v) is 13.5. The number of hydrogen-bond acceptors (Lipinski definition) is 4. The monoisotopic (exact) mass is 456 g/mol. The van der Waals surface area contributed by atoms with Gasteiger partial charge in [0.1, 0.15) is 4.90 Å².